The van der Waals surface area contributed by atoms with Crippen molar-refractivity contribution in [1.82, 2.24) is 14.9 Å². The largest absolute Gasteiger partial charge is 0.497 e. The molecule has 3 aromatic carbocycles. The number of benzene rings is 3. The molecular weight excluding hydrogens is 536 g/mol. The van der Waals surface area contributed by atoms with Crippen LogP contribution in [0.15, 0.2) is 70.6 Å². The summed E-state index contributed by atoms with van der Waals surface area (Å²) in [7, 11) is 1.60. The Bertz CT molecular complexity index is 1600. The molecule has 1 N–H and O–H groups in total. The Morgan fingerprint density at radius 1 is 1.10 bits per heavy atom. The number of nitro groups is 1. The van der Waals surface area contributed by atoms with E-state index in [9.17, 15) is 19.7 Å². The first-order valence-electron chi connectivity index (χ1n) is 12.5. The Hall–Kier alpha value is -4.58. The summed E-state index contributed by atoms with van der Waals surface area (Å²) in [6, 6.07) is 17.0. The molecule has 0 spiro atoms. The van der Waals surface area contributed by atoms with Crippen LogP contribution in [0.2, 0.25) is 0 Å². The fourth-order valence-electron chi connectivity index (χ4n) is 4.19. The quantitative estimate of drug-likeness (QED) is 0.122. The smallest absolute Gasteiger partial charge is 0.269 e. The van der Waals surface area contributed by atoms with Crippen LogP contribution in [0.5, 0.6) is 17.2 Å². The number of nitrogens with zero attached hydrogens (tertiary/aromatic N) is 3. The summed E-state index contributed by atoms with van der Waals surface area (Å²) in [5.41, 5.74) is 2.05. The molecule has 1 aliphatic heterocycles. The average molecular weight is 563 g/mol. The van der Waals surface area contributed by atoms with Crippen molar-refractivity contribution in [2.75, 3.05) is 13.9 Å². The molecule has 40 heavy (non-hydrogen) atoms. The summed E-state index contributed by atoms with van der Waals surface area (Å²) in [4.78, 5) is 41.3. The number of nitro benzene ring substituents is 1. The van der Waals surface area contributed by atoms with E-state index in [0.29, 0.717) is 46.3 Å². The zero-order valence-electron chi connectivity index (χ0n) is 21.6. The van der Waals surface area contributed by atoms with Gasteiger partial charge in [-0.2, -0.15) is 0 Å². The van der Waals surface area contributed by atoms with Crippen LogP contribution < -0.4 is 25.1 Å². The highest BCUT2D eigenvalue weighted by Crippen LogP contribution is 2.35. The van der Waals surface area contributed by atoms with E-state index < -0.39 is 4.92 Å². The molecule has 206 valence electrons. The van der Waals surface area contributed by atoms with Crippen LogP contribution >= 0.6 is 11.8 Å². The first-order valence-corrected chi connectivity index (χ1v) is 13.5. The second-order valence-electron chi connectivity index (χ2n) is 9.01. The minimum atomic E-state index is -0.448. The Labute approximate surface area is 233 Å². The lowest BCUT2D eigenvalue weighted by Crippen LogP contribution is -2.26. The second kappa shape index (κ2) is 12.1. The zero-order valence-corrected chi connectivity index (χ0v) is 22.4. The monoisotopic (exact) mass is 562 g/mol. The molecule has 0 saturated heterocycles. The fraction of sp³-hybridized carbons (Fsp3) is 0.250. The zero-order chi connectivity index (χ0) is 28.1. The summed E-state index contributed by atoms with van der Waals surface area (Å²) < 4.78 is 17.6. The number of aromatic nitrogens is 2. The Kier molecular flexibility index (Phi) is 8.15. The van der Waals surface area contributed by atoms with E-state index in [2.05, 4.69) is 5.32 Å². The van der Waals surface area contributed by atoms with E-state index in [0.717, 1.165) is 16.9 Å². The third-order valence-corrected chi connectivity index (χ3v) is 7.41. The molecule has 0 unspecified atom stereocenters. The average Bonchev–Trinajstić information content (AvgIpc) is 3.43. The Balaban J connectivity index is 1.30. The molecule has 0 saturated carbocycles. The van der Waals surface area contributed by atoms with Gasteiger partial charge in [0.1, 0.15) is 5.75 Å². The number of thioether (sulfide) groups is 1. The molecule has 12 heteroatoms. The van der Waals surface area contributed by atoms with Gasteiger partial charge in [0, 0.05) is 43.5 Å². The van der Waals surface area contributed by atoms with Gasteiger partial charge in [-0.15, -0.1) is 0 Å². The third kappa shape index (κ3) is 6.18. The molecule has 4 aromatic rings. The standard InChI is InChI=1S/C28H26N4O7S/c1-37-21-10-6-18(7-11-21)15-29-26(33)3-2-12-31-27(34)22-13-24-25(39-17-38-24)14-23(22)30-28(31)40-16-19-4-8-20(9-5-19)32(35)36/h4-11,13-14H,2-3,12,15-17H2,1H3,(H,29,33). The number of ether oxygens (including phenoxy) is 3. The molecular formula is C28H26N4O7S. The number of amides is 1. The Morgan fingerprint density at radius 2 is 1.80 bits per heavy atom. The van der Waals surface area contributed by atoms with Gasteiger partial charge in [0.15, 0.2) is 16.7 Å². The highest BCUT2D eigenvalue weighted by Gasteiger charge is 2.19. The molecule has 0 radical (unpaired) electrons. The SMILES string of the molecule is COc1ccc(CNC(=O)CCCn2c(SCc3ccc([N+](=O)[O-])cc3)nc3cc4c(cc3c2=O)OCO4)cc1. The van der Waals surface area contributed by atoms with Gasteiger partial charge in [-0.1, -0.05) is 36.0 Å². The van der Waals surface area contributed by atoms with E-state index in [1.165, 1.54) is 23.9 Å². The minimum absolute atomic E-state index is 0.0100. The molecule has 0 bridgehead atoms. The summed E-state index contributed by atoms with van der Waals surface area (Å²) in [6.45, 7) is 0.756. The van der Waals surface area contributed by atoms with E-state index in [-0.39, 0.29) is 36.9 Å². The van der Waals surface area contributed by atoms with Gasteiger partial charge in [-0.3, -0.25) is 24.3 Å². The summed E-state index contributed by atoms with van der Waals surface area (Å²) >= 11 is 1.35. The molecule has 0 fully saturated rings. The lowest BCUT2D eigenvalue weighted by Gasteiger charge is -2.14. The topological polar surface area (TPSA) is 135 Å². The van der Waals surface area contributed by atoms with Crippen LogP contribution in [0.25, 0.3) is 10.9 Å². The van der Waals surface area contributed by atoms with Crippen LogP contribution in [0, 0.1) is 10.1 Å². The van der Waals surface area contributed by atoms with Crippen LogP contribution in [-0.2, 0) is 23.6 Å². The predicted octanol–water partition coefficient (Wildman–Crippen LogP) is 4.43. The van der Waals surface area contributed by atoms with Crippen molar-refractivity contribution in [2.45, 2.75) is 36.8 Å². The number of non-ortho nitro benzene ring substituents is 1. The number of fused-ring (bicyclic) bond motifs is 2. The van der Waals surface area contributed by atoms with Crippen molar-refractivity contribution in [3.8, 4) is 17.2 Å². The summed E-state index contributed by atoms with van der Waals surface area (Å²) in [5, 5.41) is 14.7. The van der Waals surface area contributed by atoms with Crippen molar-refractivity contribution in [2.24, 2.45) is 0 Å². The predicted molar refractivity (Wildman–Crippen MR) is 149 cm³/mol. The van der Waals surface area contributed by atoms with E-state index >= 15 is 0 Å². The number of rotatable bonds is 11. The number of carbonyl (C=O) groups is 1. The van der Waals surface area contributed by atoms with E-state index in [1.54, 1.807) is 35.9 Å². The maximum atomic E-state index is 13.5. The van der Waals surface area contributed by atoms with Gasteiger partial charge >= 0.3 is 0 Å². The van der Waals surface area contributed by atoms with Gasteiger partial charge in [-0.05, 0) is 35.7 Å². The third-order valence-electron chi connectivity index (χ3n) is 6.36. The van der Waals surface area contributed by atoms with Gasteiger partial charge < -0.3 is 19.5 Å². The molecule has 2 heterocycles. The van der Waals surface area contributed by atoms with Crippen LogP contribution in [0.4, 0.5) is 5.69 Å². The molecule has 5 rings (SSSR count). The van der Waals surface area contributed by atoms with E-state index in [4.69, 9.17) is 19.2 Å². The summed E-state index contributed by atoms with van der Waals surface area (Å²) in [5.74, 6) is 2.08. The number of methoxy groups -OCH3 is 1. The Morgan fingerprint density at radius 3 is 2.50 bits per heavy atom. The molecule has 1 amide bonds. The van der Waals surface area contributed by atoms with Crippen molar-refractivity contribution in [3.63, 3.8) is 0 Å². The van der Waals surface area contributed by atoms with Crippen molar-refractivity contribution >= 4 is 34.3 Å². The number of nitrogens with one attached hydrogen (secondary N) is 1. The summed E-state index contributed by atoms with van der Waals surface area (Å²) in [6.07, 6.45) is 0.658. The van der Waals surface area contributed by atoms with Crippen LogP contribution in [0.1, 0.15) is 24.0 Å². The maximum Gasteiger partial charge on any atom is 0.269 e. The van der Waals surface area contributed by atoms with Gasteiger partial charge in [0.25, 0.3) is 11.2 Å². The highest BCUT2D eigenvalue weighted by molar-refractivity contribution is 7.98. The number of hydrogen-bond donors (Lipinski definition) is 1. The molecule has 0 atom stereocenters. The maximum absolute atomic E-state index is 13.5. The second-order valence-corrected chi connectivity index (χ2v) is 9.96. The van der Waals surface area contributed by atoms with E-state index in [1.807, 2.05) is 24.3 Å². The normalized spacial score (nSPS) is 11.9. The highest BCUT2D eigenvalue weighted by atomic mass is 32.2. The molecule has 1 aromatic heterocycles. The first kappa shape index (κ1) is 27.0. The van der Waals surface area contributed by atoms with Crippen LogP contribution in [-0.4, -0.2) is 34.3 Å². The van der Waals surface area contributed by atoms with Crippen LogP contribution in [0.3, 0.4) is 0 Å². The van der Waals surface area contributed by atoms with Crippen molar-refractivity contribution < 1.29 is 23.9 Å². The number of carbonyl (C=O) groups excluding carboxylic acids is 1. The molecule has 11 nitrogen and oxygen atoms in total. The van der Waals surface area contributed by atoms with Crippen molar-refractivity contribution in [3.05, 3.63) is 92.3 Å². The van der Waals surface area contributed by atoms with Crippen molar-refractivity contribution in [1.29, 1.82) is 0 Å². The van der Waals surface area contributed by atoms with Gasteiger partial charge in [0.05, 0.1) is 22.9 Å². The van der Waals surface area contributed by atoms with Gasteiger partial charge in [-0.25, -0.2) is 4.98 Å². The lowest BCUT2D eigenvalue weighted by molar-refractivity contribution is -0.384. The minimum Gasteiger partial charge on any atom is -0.497 e. The molecule has 0 aliphatic carbocycles. The first-order chi connectivity index (χ1) is 19.4. The fourth-order valence-corrected chi connectivity index (χ4v) is 5.17. The lowest BCUT2D eigenvalue weighted by atomic mass is 10.2. The van der Waals surface area contributed by atoms with Gasteiger partial charge in [0.2, 0.25) is 12.7 Å². The molecule has 1 aliphatic rings. The number of hydrogen-bond acceptors (Lipinski definition) is 9.